The van der Waals surface area contributed by atoms with Crippen LogP contribution in [0, 0.1) is 10.6 Å². The highest BCUT2D eigenvalue weighted by Crippen LogP contribution is 2.34. The lowest BCUT2D eigenvalue weighted by Gasteiger charge is -2.30. The molecule has 0 radical (unpaired) electrons. The fourth-order valence-electron chi connectivity index (χ4n) is 2.42. The predicted molar refractivity (Wildman–Crippen MR) is 88.9 cm³/mol. The second-order valence-corrected chi connectivity index (χ2v) is 6.96. The van der Waals surface area contributed by atoms with Crippen molar-refractivity contribution in [1.82, 2.24) is 9.55 Å². The topological polar surface area (TPSA) is 20.7 Å². The van der Waals surface area contributed by atoms with E-state index in [-0.39, 0.29) is 9.77 Å². The minimum Gasteiger partial charge on any atom is -0.330 e. The molecule has 0 amide bonds. The molecule has 1 aromatic heterocycles. The van der Waals surface area contributed by atoms with Gasteiger partial charge in [0, 0.05) is 17.4 Å². The molecule has 2 aromatic rings. The lowest BCUT2D eigenvalue weighted by Crippen LogP contribution is -2.29. The third-order valence-electron chi connectivity index (χ3n) is 3.98. The standard InChI is InChI=1S/C14H18ClFN2S2/c1-4-14(5-2,20-3)8-18-12-6-9(15)10(16)7-11(12)17-13(18)19/h6-7H,4-5,8H2,1-3H3,(H,17,19). The molecule has 0 saturated carbocycles. The third-order valence-corrected chi connectivity index (χ3v) is 6.17. The third kappa shape index (κ3) is 2.76. The summed E-state index contributed by atoms with van der Waals surface area (Å²) in [4.78, 5) is 3.06. The number of halogens is 2. The number of nitrogens with one attached hydrogen (secondary N) is 1. The zero-order valence-corrected chi connectivity index (χ0v) is 14.2. The van der Waals surface area contributed by atoms with Crippen LogP contribution in [0.25, 0.3) is 11.0 Å². The van der Waals surface area contributed by atoms with E-state index in [1.165, 1.54) is 6.07 Å². The van der Waals surface area contributed by atoms with Crippen LogP contribution >= 0.6 is 35.6 Å². The molecule has 0 aliphatic rings. The molecule has 0 saturated heterocycles. The average molecular weight is 333 g/mol. The number of hydrogen-bond donors (Lipinski definition) is 1. The Morgan fingerprint density at radius 1 is 1.40 bits per heavy atom. The van der Waals surface area contributed by atoms with Crippen molar-refractivity contribution in [2.24, 2.45) is 0 Å². The van der Waals surface area contributed by atoms with Crippen molar-refractivity contribution in [3.63, 3.8) is 0 Å². The Balaban J connectivity index is 2.57. The number of fused-ring (bicyclic) bond motifs is 1. The van der Waals surface area contributed by atoms with Crippen molar-refractivity contribution in [2.75, 3.05) is 6.26 Å². The average Bonchev–Trinajstić information content (AvgIpc) is 2.72. The largest absolute Gasteiger partial charge is 0.330 e. The van der Waals surface area contributed by atoms with Crippen LogP contribution in [0.2, 0.25) is 5.02 Å². The zero-order chi connectivity index (χ0) is 14.9. The summed E-state index contributed by atoms with van der Waals surface area (Å²) >= 11 is 13.1. The maximum atomic E-state index is 13.5. The Labute approximate surface area is 132 Å². The van der Waals surface area contributed by atoms with Crippen LogP contribution in [0.1, 0.15) is 26.7 Å². The van der Waals surface area contributed by atoms with Gasteiger partial charge in [0.1, 0.15) is 5.82 Å². The van der Waals surface area contributed by atoms with Gasteiger partial charge in [-0.1, -0.05) is 25.4 Å². The molecular formula is C14H18ClFN2S2. The van der Waals surface area contributed by atoms with Crippen molar-refractivity contribution < 1.29 is 4.39 Å². The Morgan fingerprint density at radius 2 is 2.05 bits per heavy atom. The van der Waals surface area contributed by atoms with E-state index in [1.54, 1.807) is 6.07 Å². The molecule has 1 aromatic carbocycles. The second-order valence-electron chi connectivity index (χ2n) is 4.89. The fourth-order valence-corrected chi connectivity index (χ4v) is 3.69. The first-order chi connectivity index (χ1) is 9.46. The second kappa shape index (κ2) is 6.08. The van der Waals surface area contributed by atoms with Crippen LogP contribution in [0.4, 0.5) is 4.39 Å². The van der Waals surface area contributed by atoms with E-state index in [2.05, 4.69) is 25.1 Å². The highest BCUT2D eigenvalue weighted by molar-refractivity contribution is 8.00. The van der Waals surface area contributed by atoms with Crippen molar-refractivity contribution in [1.29, 1.82) is 0 Å². The molecule has 2 rings (SSSR count). The Bertz CT molecular complexity index is 665. The van der Waals surface area contributed by atoms with E-state index in [0.29, 0.717) is 10.3 Å². The SMILES string of the molecule is CCC(CC)(Cn1c(=S)[nH]c2cc(F)c(Cl)cc21)SC. The van der Waals surface area contributed by atoms with E-state index in [4.69, 9.17) is 23.8 Å². The molecule has 0 atom stereocenters. The van der Waals surface area contributed by atoms with Gasteiger partial charge >= 0.3 is 0 Å². The van der Waals surface area contributed by atoms with Crippen LogP contribution < -0.4 is 0 Å². The molecule has 110 valence electrons. The predicted octanol–water partition coefficient (Wildman–Crippen LogP) is 5.41. The lowest BCUT2D eigenvalue weighted by atomic mass is 10.0. The van der Waals surface area contributed by atoms with E-state index in [9.17, 15) is 4.39 Å². The number of rotatable bonds is 5. The Hall–Kier alpha value is -0.520. The van der Waals surface area contributed by atoms with Crippen LogP contribution in [-0.2, 0) is 6.54 Å². The first-order valence-electron chi connectivity index (χ1n) is 6.59. The molecule has 1 heterocycles. The molecule has 0 bridgehead atoms. The first-order valence-corrected chi connectivity index (χ1v) is 8.60. The van der Waals surface area contributed by atoms with Gasteiger partial charge in [0.05, 0.1) is 16.1 Å². The first kappa shape index (κ1) is 15.9. The van der Waals surface area contributed by atoms with Gasteiger partial charge in [-0.3, -0.25) is 0 Å². The van der Waals surface area contributed by atoms with E-state index < -0.39 is 5.82 Å². The lowest BCUT2D eigenvalue weighted by molar-refractivity contribution is 0.470. The molecule has 0 aliphatic heterocycles. The highest BCUT2D eigenvalue weighted by atomic mass is 35.5. The molecule has 0 fully saturated rings. The summed E-state index contributed by atoms with van der Waals surface area (Å²) in [5.74, 6) is -0.426. The van der Waals surface area contributed by atoms with Crippen molar-refractivity contribution in [2.45, 2.75) is 38.0 Å². The maximum absolute atomic E-state index is 13.5. The molecule has 2 nitrogen and oxygen atoms in total. The normalized spacial score (nSPS) is 12.2. The van der Waals surface area contributed by atoms with Gasteiger partial charge < -0.3 is 9.55 Å². The summed E-state index contributed by atoms with van der Waals surface area (Å²) < 4.78 is 16.3. The van der Waals surface area contributed by atoms with Gasteiger partial charge in [-0.05, 0) is 37.4 Å². The summed E-state index contributed by atoms with van der Waals surface area (Å²) in [7, 11) is 0. The smallest absolute Gasteiger partial charge is 0.178 e. The summed E-state index contributed by atoms with van der Waals surface area (Å²) in [6.45, 7) is 5.16. The van der Waals surface area contributed by atoms with Crippen LogP contribution in [-0.4, -0.2) is 20.6 Å². The maximum Gasteiger partial charge on any atom is 0.178 e. The number of aromatic amines is 1. The van der Waals surface area contributed by atoms with Crippen LogP contribution in [0.5, 0.6) is 0 Å². The summed E-state index contributed by atoms with van der Waals surface area (Å²) in [5.41, 5.74) is 1.56. The number of thioether (sulfide) groups is 1. The molecule has 0 spiro atoms. The molecule has 6 heteroatoms. The van der Waals surface area contributed by atoms with Crippen molar-refractivity contribution in [3.8, 4) is 0 Å². The molecular weight excluding hydrogens is 315 g/mol. The fraction of sp³-hybridized carbons (Fsp3) is 0.500. The van der Waals surface area contributed by atoms with Gasteiger partial charge in [0.25, 0.3) is 0 Å². The number of hydrogen-bond acceptors (Lipinski definition) is 2. The van der Waals surface area contributed by atoms with Crippen LogP contribution in [0.15, 0.2) is 12.1 Å². The number of nitrogens with zero attached hydrogens (tertiary/aromatic N) is 1. The summed E-state index contributed by atoms with van der Waals surface area (Å²) in [6.07, 6.45) is 4.22. The molecule has 0 unspecified atom stereocenters. The van der Waals surface area contributed by atoms with Gasteiger partial charge in [0.15, 0.2) is 4.77 Å². The molecule has 0 aliphatic carbocycles. The van der Waals surface area contributed by atoms with E-state index >= 15 is 0 Å². The van der Waals surface area contributed by atoms with E-state index in [1.807, 2.05) is 16.3 Å². The van der Waals surface area contributed by atoms with Gasteiger partial charge in [-0.15, -0.1) is 0 Å². The van der Waals surface area contributed by atoms with Crippen LogP contribution in [0.3, 0.4) is 0 Å². The van der Waals surface area contributed by atoms with Gasteiger partial charge in [-0.2, -0.15) is 11.8 Å². The number of benzene rings is 1. The number of H-pyrrole nitrogens is 1. The van der Waals surface area contributed by atoms with Gasteiger partial charge in [-0.25, -0.2) is 4.39 Å². The summed E-state index contributed by atoms with van der Waals surface area (Å²) in [6, 6.07) is 3.05. The summed E-state index contributed by atoms with van der Waals surface area (Å²) in [5, 5.41) is 0.128. The minimum atomic E-state index is -0.426. The molecule has 20 heavy (non-hydrogen) atoms. The monoisotopic (exact) mass is 332 g/mol. The highest BCUT2D eigenvalue weighted by Gasteiger charge is 2.26. The minimum absolute atomic E-state index is 0.128. The van der Waals surface area contributed by atoms with E-state index in [0.717, 1.165) is 24.9 Å². The Morgan fingerprint density at radius 3 is 2.60 bits per heavy atom. The van der Waals surface area contributed by atoms with Gasteiger partial charge in [0.2, 0.25) is 0 Å². The number of aromatic nitrogens is 2. The zero-order valence-electron chi connectivity index (χ0n) is 11.8. The van der Waals surface area contributed by atoms with Crippen molar-refractivity contribution >= 4 is 46.6 Å². The number of imidazole rings is 1. The quantitative estimate of drug-likeness (QED) is 0.738. The van der Waals surface area contributed by atoms with Crippen molar-refractivity contribution in [3.05, 3.63) is 27.7 Å². The Kier molecular flexibility index (Phi) is 4.82. The molecule has 1 N–H and O–H groups in total.